The highest BCUT2D eigenvalue weighted by Gasteiger charge is 2.26. The summed E-state index contributed by atoms with van der Waals surface area (Å²) in [4.78, 5) is 22.6. The fourth-order valence-corrected chi connectivity index (χ4v) is 1.87. The predicted octanol–water partition coefficient (Wildman–Crippen LogP) is 0.636. The third-order valence-corrected chi connectivity index (χ3v) is 2.74. The second kappa shape index (κ2) is 5.10. The van der Waals surface area contributed by atoms with Crippen LogP contribution >= 0.6 is 0 Å². The van der Waals surface area contributed by atoms with Crippen molar-refractivity contribution in [1.29, 1.82) is 0 Å². The van der Waals surface area contributed by atoms with Gasteiger partial charge >= 0.3 is 5.97 Å². The molecule has 0 saturated heterocycles. The van der Waals surface area contributed by atoms with Crippen LogP contribution in [0.15, 0.2) is 0 Å². The van der Waals surface area contributed by atoms with E-state index in [2.05, 4.69) is 4.74 Å². The van der Waals surface area contributed by atoms with Crippen LogP contribution in [0, 0.1) is 5.92 Å². The molecule has 1 atom stereocenters. The van der Waals surface area contributed by atoms with E-state index in [-0.39, 0.29) is 18.1 Å². The average Bonchev–Trinajstić information content (AvgIpc) is 2.69. The van der Waals surface area contributed by atoms with Gasteiger partial charge in [-0.3, -0.25) is 9.59 Å². The van der Waals surface area contributed by atoms with Crippen molar-refractivity contribution in [3.8, 4) is 0 Å². The molecule has 1 unspecified atom stereocenters. The van der Waals surface area contributed by atoms with Crippen molar-refractivity contribution in [3.05, 3.63) is 0 Å². The molecule has 0 radical (unpaired) electrons. The van der Waals surface area contributed by atoms with Gasteiger partial charge in [-0.05, 0) is 12.8 Å². The van der Waals surface area contributed by atoms with Crippen LogP contribution in [-0.4, -0.2) is 24.9 Å². The summed E-state index contributed by atoms with van der Waals surface area (Å²) in [6.45, 7) is 0. The highest BCUT2D eigenvalue weighted by atomic mass is 16.5. The minimum absolute atomic E-state index is 0.111. The van der Waals surface area contributed by atoms with E-state index in [4.69, 9.17) is 5.73 Å². The summed E-state index contributed by atoms with van der Waals surface area (Å²) in [5.41, 5.74) is 5.50. The first kappa shape index (κ1) is 11.2. The Morgan fingerprint density at radius 1 is 1.43 bits per heavy atom. The molecule has 2 N–H and O–H groups in total. The molecule has 1 fully saturated rings. The molecule has 0 aliphatic heterocycles. The number of rotatable bonds is 4. The maximum Gasteiger partial charge on any atom is 0.323 e. The molecule has 1 aliphatic carbocycles. The number of ether oxygens (including phenoxy) is 1. The van der Waals surface area contributed by atoms with Gasteiger partial charge in [-0.2, -0.15) is 0 Å². The quantitative estimate of drug-likeness (QED) is 0.674. The first-order valence-electron chi connectivity index (χ1n) is 5.01. The van der Waals surface area contributed by atoms with Gasteiger partial charge in [0.25, 0.3) is 0 Å². The Labute approximate surface area is 83.8 Å². The fraction of sp³-hybridized carbons (Fsp3) is 0.800. The Balaban J connectivity index is 2.35. The maximum absolute atomic E-state index is 11.6. The summed E-state index contributed by atoms with van der Waals surface area (Å²) in [6.07, 6.45) is 4.25. The number of esters is 1. The zero-order chi connectivity index (χ0) is 10.6. The third kappa shape index (κ3) is 2.80. The van der Waals surface area contributed by atoms with Gasteiger partial charge < -0.3 is 10.5 Å². The van der Waals surface area contributed by atoms with Gasteiger partial charge in [0, 0.05) is 12.3 Å². The fourth-order valence-electron chi connectivity index (χ4n) is 1.87. The summed E-state index contributed by atoms with van der Waals surface area (Å²) in [5.74, 6) is -0.262. The van der Waals surface area contributed by atoms with Gasteiger partial charge in [-0.1, -0.05) is 12.8 Å². The van der Waals surface area contributed by atoms with E-state index in [1.54, 1.807) is 0 Å². The van der Waals surface area contributed by atoms with Crippen molar-refractivity contribution in [2.75, 3.05) is 7.11 Å². The van der Waals surface area contributed by atoms with Gasteiger partial charge in [-0.15, -0.1) is 0 Å². The van der Waals surface area contributed by atoms with Crippen molar-refractivity contribution in [3.63, 3.8) is 0 Å². The Morgan fingerprint density at radius 3 is 2.50 bits per heavy atom. The molecule has 4 nitrogen and oxygen atoms in total. The maximum atomic E-state index is 11.6. The van der Waals surface area contributed by atoms with E-state index >= 15 is 0 Å². The second-order valence-electron chi connectivity index (χ2n) is 3.78. The summed E-state index contributed by atoms with van der Waals surface area (Å²) < 4.78 is 4.46. The lowest BCUT2D eigenvalue weighted by Gasteiger charge is -2.11. The number of carbonyl (C=O) groups excluding carboxylic acids is 2. The molecule has 0 aromatic heterocycles. The van der Waals surface area contributed by atoms with Crippen molar-refractivity contribution in [2.24, 2.45) is 11.7 Å². The molecule has 14 heavy (non-hydrogen) atoms. The SMILES string of the molecule is COC(=O)C(N)CC(=O)C1CCCC1. The third-order valence-electron chi connectivity index (χ3n) is 2.74. The van der Waals surface area contributed by atoms with Crippen LogP contribution in [0.3, 0.4) is 0 Å². The topological polar surface area (TPSA) is 69.4 Å². The Kier molecular flexibility index (Phi) is 4.07. The number of carbonyl (C=O) groups is 2. The first-order valence-corrected chi connectivity index (χ1v) is 5.01. The van der Waals surface area contributed by atoms with E-state index in [0.29, 0.717) is 0 Å². The van der Waals surface area contributed by atoms with E-state index in [1.165, 1.54) is 7.11 Å². The Bertz CT molecular complexity index is 221. The molecule has 1 saturated carbocycles. The van der Waals surface area contributed by atoms with Crippen LogP contribution in [0.2, 0.25) is 0 Å². The van der Waals surface area contributed by atoms with Crippen LogP contribution in [0.5, 0.6) is 0 Å². The van der Waals surface area contributed by atoms with E-state index in [9.17, 15) is 9.59 Å². The summed E-state index contributed by atoms with van der Waals surface area (Å²) >= 11 is 0. The van der Waals surface area contributed by atoms with Crippen LogP contribution in [0.1, 0.15) is 32.1 Å². The number of hydrogen-bond donors (Lipinski definition) is 1. The van der Waals surface area contributed by atoms with Crippen LogP contribution in [0.25, 0.3) is 0 Å². The number of Topliss-reactive ketones (excluding diaryl/α,β-unsaturated/α-hetero) is 1. The minimum atomic E-state index is -0.784. The molecule has 0 amide bonds. The summed E-state index contributed by atoms with van der Waals surface area (Å²) in [5, 5.41) is 0. The lowest BCUT2D eigenvalue weighted by atomic mass is 9.97. The largest absolute Gasteiger partial charge is 0.468 e. The zero-order valence-corrected chi connectivity index (χ0v) is 8.49. The molecule has 0 spiro atoms. The van der Waals surface area contributed by atoms with Crippen molar-refractivity contribution in [1.82, 2.24) is 0 Å². The monoisotopic (exact) mass is 199 g/mol. The van der Waals surface area contributed by atoms with Gasteiger partial charge in [0.05, 0.1) is 7.11 Å². The molecule has 1 rings (SSSR count). The molecule has 1 aliphatic rings. The first-order chi connectivity index (χ1) is 6.65. The number of methoxy groups -OCH3 is 1. The number of nitrogens with two attached hydrogens (primary N) is 1. The van der Waals surface area contributed by atoms with Crippen molar-refractivity contribution in [2.45, 2.75) is 38.1 Å². The molecule has 0 aromatic rings. The van der Waals surface area contributed by atoms with Crippen molar-refractivity contribution < 1.29 is 14.3 Å². The van der Waals surface area contributed by atoms with Crippen LogP contribution in [-0.2, 0) is 14.3 Å². The molecule has 0 bridgehead atoms. The predicted molar refractivity (Wildman–Crippen MR) is 51.6 cm³/mol. The molecule has 0 aromatic carbocycles. The summed E-state index contributed by atoms with van der Waals surface area (Å²) in [6, 6.07) is -0.784. The molecule has 4 heteroatoms. The second-order valence-corrected chi connectivity index (χ2v) is 3.78. The molecular weight excluding hydrogens is 182 g/mol. The van der Waals surface area contributed by atoms with Gasteiger partial charge in [0.1, 0.15) is 11.8 Å². The highest BCUT2D eigenvalue weighted by molar-refractivity contribution is 5.87. The average molecular weight is 199 g/mol. The van der Waals surface area contributed by atoms with Gasteiger partial charge in [0.15, 0.2) is 0 Å². The Morgan fingerprint density at radius 2 is 2.00 bits per heavy atom. The highest BCUT2D eigenvalue weighted by Crippen LogP contribution is 2.26. The Hall–Kier alpha value is -0.900. The lowest BCUT2D eigenvalue weighted by molar-refractivity contribution is -0.143. The molecule has 0 heterocycles. The molecule has 80 valence electrons. The normalized spacial score (nSPS) is 19.3. The number of hydrogen-bond acceptors (Lipinski definition) is 4. The summed E-state index contributed by atoms with van der Waals surface area (Å²) in [7, 11) is 1.28. The minimum Gasteiger partial charge on any atom is -0.468 e. The van der Waals surface area contributed by atoms with Crippen LogP contribution < -0.4 is 5.73 Å². The van der Waals surface area contributed by atoms with Gasteiger partial charge in [0.2, 0.25) is 0 Å². The smallest absolute Gasteiger partial charge is 0.323 e. The van der Waals surface area contributed by atoms with E-state index < -0.39 is 12.0 Å². The molecular formula is C10H17NO3. The lowest BCUT2D eigenvalue weighted by Crippen LogP contribution is -2.35. The van der Waals surface area contributed by atoms with Crippen LogP contribution in [0.4, 0.5) is 0 Å². The standard InChI is InChI=1S/C10H17NO3/c1-14-10(13)8(11)6-9(12)7-4-2-3-5-7/h7-8H,2-6,11H2,1H3. The van der Waals surface area contributed by atoms with E-state index in [0.717, 1.165) is 25.7 Å². The van der Waals surface area contributed by atoms with Crippen molar-refractivity contribution >= 4 is 11.8 Å². The number of ketones is 1. The zero-order valence-electron chi connectivity index (χ0n) is 8.49. The van der Waals surface area contributed by atoms with Gasteiger partial charge in [-0.25, -0.2) is 0 Å². The van der Waals surface area contributed by atoms with E-state index in [1.807, 2.05) is 0 Å².